The van der Waals surface area contributed by atoms with Crippen LogP contribution in [0.5, 0.6) is 0 Å². The van der Waals surface area contributed by atoms with Crippen molar-refractivity contribution in [2.24, 2.45) is 5.92 Å². The van der Waals surface area contributed by atoms with Crippen LogP contribution >= 0.6 is 37.2 Å². The number of hydrogen-bond acceptors (Lipinski definition) is 4. The standard InChI is InChI=1S/C25H29FN4O.3ClH/c1-18(2)19-3-5-20(6-4-19)24(30-17-27-16-28-30)15-29-13-11-22(12-14-29)25(31)21-7-9-23(26)10-8-21;;;/h3-10,16-18,22,24H,11-15H2,1-2H3;3*1H. The summed E-state index contributed by atoms with van der Waals surface area (Å²) in [5, 5.41) is 4.40. The topological polar surface area (TPSA) is 51.0 Å². The molecule has 1 aliphatic heterocycles. The van der Waals surface area contributed by atoms with E-state index in [1.54, 1.807) is 24.8 Å². The van der Waals surface area contributed by atoms with Gasteiger partial charge in [0, 0.05) is 18.0 Å². The van der Waals surface area contributed by atoms with Gasteiger partial charge in [0.25, 0.3) is 0 Å². The van der Waals surface area contributed by atoms with Gasteiger partial charge in [-0.15, -0.1) is 37.2 Å². The van der Waals surface area contributed by atoms with Gasteiger partial charge in [0.15, 0.2) is 5.78 Å². The van der Waals surface area contributed by atoms with E-state index in [1.165, 1.54) is 23.3 Å². The van der Waals surface area contributed by atoms with E-state index in [2.05, 4.69) is 53.1 Å². The molecule has 0 bridgehead atoms. The molecule has 2 heterocycles. The van der Waals surface area contributed by atoms with E-state index < -0.39 is 0 Å². The smallest absolute Gasteiger partial charge is 0.166 e. The summed E-state index contributed by atoms with van der Waals surface area (Å²) in [6.45, 7) is 6.92. The third-order valence-electron chi connectivity index (χ3n) is 6.26. The number of piperidine rings is 1. The second-order valence-corrected chi connectivity index (χ2v) is 8.66. The molecule has 0 amide bonds. The molecule has 186 valence electrons. The third-order valence-corrected chi connectivity index (χ3v) is 6.26. The first-order chi connectivity index (χ1) is 15.0. The molecule has 0 N–H and O–H groups in total. The number of Topliss-reactive ketones (excluding diaryl/α,β-unsaturated/α-hetero) is 1. The predicted molar refractivity (Wildman–Crippen MR) is 140 cm³/mol. The highest BCUT2D eigenvalue weighted by atomic mass is 35.5. The van der Waals surface area contributed by atoms with Gasteiger partial charge in [-0.25, -0.2) is 14.1 Å². The largest absolute Gasteiger partial charge is 0.301 e. The summed E-state index contributed by atoms with van der Waals surface area (Å²) >= 11 is 0. The second-order valence-electron chi connectivity index (χ2n) is 8.66. The van der Waals surface area contributed by atoms with E-state index in [1.807, 2.05) is 4.68 Å². The van der Waals surface area contributed by atoms with E-state index in [9.17, 15) is 9.18 Å². The van der Waals surface area contributed by atoms with Crippen LogP contribution in [0, 0.1) is 11.7 Å². The summed E-state index contributed by atoms with van der Waals surface area (Å²) in [5.74, 6) is 0.303. The first kappa shape index (κ1) is 30.0. The second kappa shape index (κ2) is 13.8. The summed E-state index contributed by atoms with van der Waals surface area (Å²) < 4.78 is 15.1. The SMILES string of the molecule is CC(C)c1ccc(C(CN2CCC(C(=O)c3ccc(F)cc3)CC2)n2cncn2)cc1.Cl.Cl.Cl. The summed E-state index contributed by atoms with van der Waals surface area (Å²) in [6, 6.07) is 14.7. The lowest BCUT2D eigenvalue weighted by molar-refractivity contribution is 0.0831. The highest BCUT2D eigenvalue weighted by Gasteiger charge is 2.28. The molecule has 3 aromatic rings. The number of hydrogen-bond donors (Lipinski definition) is 0. The molecular formula is C25H32Cl3FN4O. The van der Waals surface area contributed by atoms with Gasteiger partial charge in [0.2, 0.25) is 0 Å². The third kappa shape index (κ3) is 7.25. The van der Waals surface area contributed by atoms with Crippen molar-refractivity contribution < 1.29 is 9.18 Å². The number of rotatable bonds is 7. The first-order valence-corrected chi connectivity index (χ1v) is 11.0. The van der Waals surface area contributed by atoms with Crippen molar-refractivity contribution in [3.05, 3.63) is 83.7 Å². The van der Waals surface area contributed by atoms with Crippen LogP contribution in [-0.4, -0.2) is 45.1 Å². The van der Waals surface area contributed by atoms with Crippen molar-refractivity contribution in [1.29, 1.82) is 0 Å². The maximum atomic E-state index is 13.2. The fraction of sp³-hybridized carbons (Fsp3) is 0.400. The molecule has 1 aromatic heterocycles. The minimum atomic E-state index is -0.313. The van der Waals surface area contributed by atoms with Crippen LogP contribution in [0.25, 0.3) is 0 Å². The Labute approximate surface area is 219 Å². The number of aromatic nitrogens is 3. The Morgan fingerprint density at radius 1 is 0.971 bits per heavy atom. The van der Waals surface area contributed by atoms with Crippen LogP contribution < -0.4 is 0 Å². The van der Waals surface area contributed by atoms with E-state index in [-0.39, 0.29) is 60.8 Å². The highest BCUT2D eigenvalue weighted by Crippen LogP contribution is 2.26. The molecule has 0 saturated carbocycles. The van der Waals surface area contributed by atoms with Crippen molar-refractivity contribution in [2.75, 3.05) is 19.6 Å². The molecule has 0 aliphatic carbocycles. The quantitative estimate of drug-likeness (QED) is 0.353. The van der Waals surface area contributed by atoms with Crippen LogP contribution in [0.15, 0.2) is 61.2 Å². The van der Waals surface area contributed by atoms with Gasteiger partial charge in [-0.1, -0.05) is 38.1 Å². The minimum Gasteiger partial charge on any atom is -0.301 e. The molecule has 1 saturated heterocycles. The molecule has 1 aliphatic rings. The maximum absolute atomic E-state index is 13.2. The molecule has 2 aromatic carbocycles. The zero-order valence-corrected chi connectivity index (χ0v) is 21.8. The number of likely N-dealkylation sites (tertiary alicyclic amines) is 1. The lowest BCUT2D eigenvalue weighted by atomic mass is 9.88. The summed E-state index contributed by atoms with van der Waals surface area (Å²) in [7, 11) is 0. The number of carbonyl (C=O) groups excluding carboxylic acids is 1. The molecule has 34 heavy (non-hydrogen) atoms. The van der Waals surface area contributed by atoms with Crippen molar-refractivity contribution in [3.63, 3.8) is 0 Å². The van der Waals surface area contributed by atoms with Crippen LogP contribution in [0.1, 0.15) is 60.1 Å². The molecule has 9 heteroatoms. The van der Waals surface area contributed by atoms with Crippen LogP contribution in [0.3, 0.4) is 0 Å². The normalized spacial score (nSPS) is 15.1. The molecule has 1 unspecified atom stereocenters. The summed E-state index contributed by atoms with van der Waals surface area (Å²) in [6.07, 6.45) is 4.97. The van der Waals surface area contributed by atoms with Crippen molar-refractivity contribution >= 4 is 43.0 Å². The Hall–Kier alpha value is -1.99. The van der Waals surface area contributed by atoms with Crippen LogP contribution in [0.4, 0.5) is 4.39 Å². The van der Waals surface area contributed by atoms with Crippen molar-refractivity contribution in [1.82, 2.24) is 19.7 Å². The Morgan fingerprint density at radius 2 is 1.56 bits per heavy atom. The van der Waals surface area contributed by atoms with E-state index >= 15 is 0 Å². The minimum absolute atomic E-state index is 0. The molecule has 0 spiro atoms. The lowest BCUT2D eigenvalue weighted by Gasteiger charge is -2.34. The zero-order chi connectivity index (χ0) is 21.8. The predicted octanol–water partition coefficient (Wildman–Crippen LogP) is 5.99. The van der Waals surface area contributed by atoms with Gasteiger partial charge in [-0.2, -0.15) is 5.10 Å². The number of nitrogens with zero attached hydrogens (tertiary/aromatic N) is 4. The Kier molecular flexibility index (Phi) is 12.2. The fourth-order valence-electron chi connectivity index (χ4n) is 4.30. The molecule has 5 nitrogen and oxygen atoms in total. The molecule has 1 atom stereocenters. The van der Waals surface area contributed by atoms with Gasteiger partial charge in [-0.3, -0.25) is 4.79 Å². The number of benzene rings is 2. The zero-order valence-electron chi connectivity index (χ0n) is 19.3. The van der Waals surface area contributed by atoms with Gasteiger partial charge < -0.3 is 4.90 Å². The molecule has 0 radical (unpaired) electrons. The fourth-order valence-corrected chi connectivity index (χ4v) is 4.30. The van der Waals surface area contributed by atoms with Gasteiger partial charge in [0.05, 0.1) is 6.04 Å². The van der Waals surface area contributed by atoms with E-state index in [0.29, 0.717) is 11.5 Å². The molecule has 4 rings (SSSR count). The van der Waals surface area contributed by atoms with Gasteiger partial charge in [0.1, 0.15) is 18.5 Å². The van der Waals surface area contributed by atoms with Gasteiger partial charge >= 0.3 is 0 Å². The Balaban J connectivity index is 0.00000193. The number of ketones is 1. The monoisotopic (exact) mass is 528 g/mol. The van der Waals surface area contributed by atoms with Crippen LogP contribution in [0.2, 0.25) is 0 Å². The first-order valence-electron chi connectivity index (χ1n) is 11.0. The van der Waals surface area contributed by atoms with Gasteiger partial charge in [-0.05, 0) is 67.2 Å². The molecule has 1 fully saturated rings. The van der Waals surface area contributed by atoms with E-state index in [4.69, 9.17) is 0 Å². The Bertz CT molecular complexity index is 990. The number of carbonyl (C=O) groups is 1. The van der Waals surface area contributed by atoms with Crippen molar-refractivity contribution in [3.8, 4) is 0 Å². The Morgan fingerprint density at radius 3 is 2.09 bits per heavy atom. The highest BCUT2D eigenvalue weighted by molar-refractivity contribution is 5.97. The van der Waals surface area contributed by atoms with Crippen molar-refractivity contribution in [2.45, 2.75) is 38.6 Å². The van der Waals surface area contributed by atoms with Crippen LogP contribution in [-0.2, 0) is 0 Å². The average molecular weight is 530 g/mol. The lowest BCUT2D eigenvalue weighted by Crippen LogP contribution is -2.40. The number of halogens is 4. The summed E-state index contributed by atoms with van der Waals surface area (Å²) in [5.41, 5.74) is 3.13. The maximum Gasteiger partial charge on any atom is 0.166 e. The summed E-state index contributed by atoms with van der Waals surface area (Å²) in [4.78, 5) is 19.3. The molecular weight excluding hydrogens is 498 g/mol. The average Bonchev–Trinajstić information content (AvgIpc) is 3.33. The van der Waals surface area contributed by atoms with E-state index in [0.717, 1.165) is 32.5 Å².